The van der Waals surface area contributed by atoms with Crippen molar-refractivity contribution >= 4 is 38.3 Å². The fourth-order valence-electron chi connectivity index (χ4n) is 3.32. The van der Waals surface area contributed by atoms with Crippen LogP contribution in [0.2, 0.25) is 0 Å². The van der Waals surface area contributed by atoms with Crippen LogP contribution >= 0.6 is 0 Å². The highest BCUT2D eigenvalue weighted by Crippen LogP contribution is 2.35. The van der Waals surface area contributed by atoms with E-state index in [1.807, 2.05) is 13.0 Å². The lowest BCUT2D eigenvalue weighted by Gasteiger charge is -2.13. The van der Waals surface area contributed by atoms with Gasteiger partial charge in [0.15, 0.2) is 0 Å². The summed E-state index contributed by atoms with van der Waals surface area (Å²) in [5, 5.41) is 7.37. The summed E-state index contributed by atoms with van der Waals surface area (Å²) < 4.78 is 5.10. The molecular weight excluding hydrogens is 272 g/mol. The topological polar surface area (TPSA) is 26.3 Å². The standard InChI is InChI=1S/C20H16O2/c1-2-22-18(21)12-16-9-8-15-7-6-13-4-3-5-14-10-11-17(16)20(15)19(13)14/h3-11H,2,12H2,1H3. The zero-order valence-electron chi connectivity index (χ0n) is 12.4. The molecule has 0 bridgehead atoms. The van der Waals surface area contributed by atoms with Crippen molar-refractivity contribution in [3.8, 4) is 0 Å². The average molecular weight is 288 g/mol. The summed E-state index contributed by atoms with van der Waals surface area (Å²) >= 11 is 0. The third kappa shape index (κ3) is 1.92. The second kappa shape index (κ2) is 4.99. The molecule has 0 N–H and O–H groups in total. The number of hydrogen-bond donors (Lipinski definition) is 0. The van der Waals surface area contributed by atoms with Crippen molar-refractivity contribution in [2.24, 2.45) is 0 Å². The second-order valence-electron chi connectivity index (χ2n) is 5.56. The highest BCUT2D eigenvalue weighted by molar-refractivity contribution is 6.23. The van der Waals surface area contributed by atoms with Crippen LogP contribution in [0.25, 0.3) is 32.3 Å². The van der Waals surface area contributed by atoms with E-state index in [-0.39, 0.29) is 5.97 Å². The molecule has 0 radical (unpaired) electrons. The Morgan fingerprint density at radius 2 is 1.50 bits per heavy atom. The van der Waals surface area contributed by atoms with Gasteiger partial charge in [-0.2, -0.15) is 0 Å². The molecule has 0 fully saturated rings. The van der Waals surface area contributed by atoms with E-state index in [1.165, 1.54) is 26.9 Å². The van der Waals surface area contributed by atoms with Gasteiger partial charge in [-0.25, -0.2) is 0 Å². The molecule has 0 spiro atoms. The van der Waals surface area contributed by atoms with Crippen molar-refractivity contribution in [1.29, 1.82) is 0 Å². The highest BCUT2D eigenvalue weighted by Gasteiger charge is 2.12. The number of carbonyl (C=O) groups is 1. The molecular formula is C20H16O2. The summed E-state index contributed by atoms with van der Waals surface area (Å²) in [7, 11) is 0. The maximum absolute atomic E-state index is 11.8. The molecule has 0 aromatic heterocycles. The van der Waals surface area contributed by atoms with Crippen LogP contribution < -0.4 is 0 Å². The monoisotopic (exact) mass is 288 g/mol. The van der Waals surface area contributed by atoms with E-state index in [1.54, 1.807) is 0 Å². The van der Waals surface area contributed by atoms with Crippen molar-refractivity contribution in [2.45, 2.75) is 13.3 Å². The lowest BCUT2D eigenvalue weighted by molar-refractivity contribution is -0.142. The lowest BCUT2D eigenvalue weighted by atomic mass is 9.91. The molecule has 0 aliphatic carbocycles. The molecule has 22 heavy (non-hydrogen) atoms. The molecule has 0 heterocycles. The molecule has 0 atom stereocenters. The summed E-state index contributed by atoms with van der Waals surface area (Å²) in [6, 6.07) is 19.1. The van der Waals surface area contributed by atoms with E-state index >= 15 is 0 Å². The first-order valence-electron chi connectivity index (χ1n) is 7.59. The minimum absolute atomic E-state index is 0.169. The van der Waals surface area contributed by atoms with E-state index in [0.717, 1.165) is 10.9 Å². The van der Waals surface area contributed by atoms with Gasteiger partial charge in [0, 0.05) is 0 Å². The van der Waals surface area contributed by atoms with E-state index in [0.29, 0.717) is 13.0 Å². The maximum Gasteiger partial charge on any atom is 0.310 e. The van der Waals surface area contributed by atoms with Crippen LogP contribution in [0.5, 0.6) is 0 Å². The van der Waals surface area contributed by atoms with Crippen molar-refractivity contribution < 1.29 is 9.53 Å². The predicted octanol–water partition coefficient (Wildman–Crippen LogP) is 4.69. The number of hydrogen-bond acceptors (Lipinski definition) is 2. The Balaban J connectivity index is 2.02. The molecule has 2 nitrogen and oxygen atoms in total. The number of esters is 1. The van der Waals surface area contributed by atoms with Crippen LogP contribution in [0.3, 0.4) is 0 Å². The highest BCUT2D eigenvalue weighted by atomic mass is 16.5. The molecule has 108 valence electrons. The molecule has 0 aliphatic rings. The molecule has 0 unspecified atom stereocenters. The van der Waals surface area contributed by atoms with Gasteiger partial charge in [-0.1, -0.05) is 54.6 Å². The van der Waals surface area contributed by atoms with E-state index in [4.69, 9.17) is 4.74 Å². The Morgan fingerprint density at radius 3 is 2.23 bits per heavy atom. The first kappa shape index (κ1) is 13.1. The number of ether oxygens (including phenoxy) is 1. The van der Waals surface area contributed by atoms with Gasteiger partial charge in [0.25, 0.3) is 0 Å². The van der Waals surface area contributed by atoms with Crippen molar-refractivity contribution in [1.82, 2.24) is 0 Å². The Kier molecular flexibility index (Phi) is 2.97. The molecule has 0 saturated heterocycles. The smallest absolute Gasteiger partial charge is 0.310 e. The molecule has 4 aromatic carbocycles. The van der Waals surface area contributed by atoms with Gasteiger partial charge in [-0.3, -0.25) is 4.79 Å². The van der Waals surface area contributed by atoms with Crippen LogP contribution in [0.1, 0.15) is 12.5 Å². The van der Waals surface area contributed by atoms with E-state index in [9.17, 15) is 4.79 Å². The van der Waals surface area contributed by atoms with Gasteiger partial charge < -0.3 is 4.74 Å². The Hall–Kier alpha value is -2.61. The largest absolute Gasteiger partial charge is 0.466 e. The third-order valence-electron chi connectivity index (χ3n) is 4.26. The summed E-state index contributed by atoms with van der Waals surface area (Å²) in [5.41, 5.74) is 1.03. The molecule has 4 aromatic rings. The lowest BCUT2D eigenvalue weighted by Crippen LogP contribution is -2.07. The molecule has 0 saturated carbocycles. The van der Waals surface area contributed by atoms with E-state index < -0.39 is 0 Å². The Morgan fingerprint density at radius 1 is 0.864 bits per heavy atom. The quantitative estimate of drug-likeness (QED) is 0.404. The fraction of sp³-hybridized carbons (Fsp3) is 0.150. The number of carbonyl (C=O) groups excluding carboxylic acids is 1. The van der Waals surface area contributed by atoms with Crippen molar-refractivity contribution in [3.05, 3.63) is 60.2 Å². The van der Waals surface area contributed by atoms with Crippen molar-refractivity contribution in [3.63, 3.8) is 0 Å². The molecule has 0 amide bonds. The first-order chi connectivity index (χ1) is 10.8. The molecule has 0 aliphatic heterocycles. The first-order valence-corrected chi connectivity index (χ1v) is 7.59. The summed E-state index contributed by atoms with van der Waals surface area (Å²) in [5.74, 6) is -0.169. The minimum atomic E-state index is -0.169. The predicted molar refractivity (Wildman–Crippen MR) is 90.5 cm³/mol. The summed E-state index contributed by atoms with van der Waals surface area (Å²) in [4.78, 5) is 11.8. The van der Waals surface area contributed by atoms with Crippen LogP contribution in [0.4, 0.5) is 0 Å². The molecule has 4 rings (SSSR count). The van der Waals surface area contributed by atoms with Gasteiger partial charge in [0.1, 0.15) is 0 Å². The minimum Gasteiger partial charge on any atom is -0.466 e. The zero-order valence-corrected chi connectivity index (χ0v) is 12.4. The maximum atomic E-state index is 11.8. The van der Waals surface area contributed by atoms with Gasteiger partial charge in [-0.15, -0.1) is 0 Å². The summed E-state index contributed by atoms with van der Waals surface area (Å²) in [6.07, 6.45) is 0.321. The zero-order chi connectivity index (χ0) is 15.1. The number of benzene rings is 4. The Bertz CT molecular complexity index is 969. The van der Waals surface area contributed by atoms with Crippen LogP contribution in [0, 0.1) is 0 Å². The van der Waals surface area contributed by atoms with Gasteiger partial charge >= 0.3 is 5.97 Å². The van der Waals surface area contributed by atoms with Gasteiger partial charge in [-0.05, 0) is 44.8 Å². The Labute approximate surface area is 128 Å². The third-order valence-corrected chi connectivity index (χ3v) is 4.26. The fourth-order valence-corrected chi connectivity index (χ4v) is 3.32. The van der Waals surface area contributed by atoms with Gasteiger partial charge in [0.05, 0.1) is 13.0 Å². The van der Waals surface area contributed by atoms with Crippen LogP contribution in [-0.4, -0.2) is 12.6 Å². The van der Waals surface area contributed by atoms with Gasteiger partial charge in [0.2, 0.25) is 0 Å². The average Bonchev–Trinajstić information content (AvgIpc) is 2.54. The van der Waals surface area contributed by atoms with Crippen LogP contribution in [0.15, 0.2) is 54.6 Å². The molecule has 2 heteroatoms. The van der Waals surface area contributed by atoms with Crippen molar-refractivity contribution in [2.75, 3.05) is 6.61 Å². The second-order valence-corrected chi connectivity index (χ2v) is 5.56. The van der Waals surface area contributed by atoms with E-state index in [2.05, 4.69) is 48.5 Å². The van der Waals surface area contributed by atoms with Crippen LogP contribution in [-0.2, 0) is 16.0 Å². The normalized spacial score (nSPS) is 11.5. The SMILES string of the molecule is CCOC(=O)Cc1ccc2ccc3cccc4ccc1c2c34. The summed E-state index contributed by atoms with van der Waals surface area (Å²) in [6.45, 7) is 2.26. The number of rotatable bonds is 3.